The molecule has 0 saturated carbocycles. The molecule has 0 heterocycles. The van der Waals surface area contributed by atoms with Gasteiger partial charge < -0.3 is 15.2 Å². The Morgan fingerprint density at radius 3 is 1.32 bits per heavy atom. The molecular formula is C32H63NO4. The summed E-state index contributed by atoms with van der Waals surface area (Å²) < 4.78 is 10.9. The predicted octanol–water partition coefficient (Wildman–Crippen LogP) is 9.19. The lowest BCUT2D eigenvalue weighted by atomic mass is 10.0. The van der Waals surface area contributed by atoms with Crippen molar-refractivity contribution < 1.29 is 19.1 Å². The van der Waals surface area contributed by atoms with Crippen LogP contribution in [-0.2, 0) is 19.1 Å². The molecule has 0 aromatic heterocycles. The van der Waals surface area contributed by atoms with Crippen LogP contribution in [0.4, 0.5) is 0 Å². The van der Waals surface area contributed by atoms with Crippen LogP contribution in [0.1, 0.15) is 174 Å². The molecule has 0 aliphatic rings. The fourth-order valence-electron chi connectivity index (χ4n) is 4.68. The number of hydrogen-bond donors (Lipinski definition) is 1. The Hall–Kier alpha value is -1.10. The molecule has 5 nitrogen and oxygen atoms in total. The Kier molecular flexibility index (Phi) is 28.6. The Bertz CT molecular complexity index is 497. The molecular weight excluding hydrogens is 462 g/mol. The van der Waals surface area contributed by atoms with Crippen LogP contribution in [0.15, 0.2) is 0 Å². The molecule has 1 atom stereocenters. The molecule has 220 valence electrons. The van der Waals surface area contributed by atoms with Gasteiger partial charge in [0.1, 0.15) is 12.7 Å². The van der Waals surface area contributed by atoms with Crippen LogP contribution in [0.5, 0.6) is 0 Å². The molecule has 0 aliphatic carbocycles. The monoisotopic (exact) mass is 525 g/mol. The summed E-state index contributed by atoms with van der Waals surface area (Å²) in [6.45, 7) is 5.22. The topological polar surface area (TPSA) is 78.6 Å². The van der Waals surface area contributed by atoms with E-state index >= 15 is 0 Å². The highest BCUT2D eigenvalue weighted by atomic mass is 16.6. The molecule has 37 heavy (non-hydrogen) atoms. The molecule has 0 radical (unpaired) electrons. The van der Waals surface area contributed by atoms with E-state index in [1.54, 1.807) is 0 Å². The fraction of sp³-hybridized carbons (Fsp3) is 0.938. The SMILES string of the molecule is CCCCCCCCCCCCCCCC(=O)O[C@@H](CC)COC(=O)CCCCCCCCCCCN. The number of esters is 2. The maximum absolute atomic E-state index is 12.2. The maximum Gasteiger partial charge on any atom is 0.306 e. The molecule has 0 unspecified atom stereocenters. The fourth-order valence-corrected chi connectivity index (χ4v) is 4.68. The van der Waals surface area contributed by atoms with Gasteiger partial charge in [0.2, 0.25) is 0 Å². The van der Waals surface area contributed by atoms with E-state index in [0.717, 1.165) is 38.6 Å². The van der Waals surface area contributed by atoms with E-state index < -0.39 is 0 Å². The molecule has 0 fully saturated rings. The van der Waals surface area contributed by atoms with Crippen LogP contribution in [0, 0.1) is 0 Å². The van der Waals surface area contributed by atoms with Gasteiger partial charge in [-0.3, -0.25) is 9.59 Å². The Labute approximate surface area is 230 Å². The number of hydrogen-bond acceptors (Lipinski definition) is 5. The first-order valence-corrected chi connectivity index (χ1v) is 16.2. The first kappa shape index (κ1) is 35.9. The number of rotatable bonds is 29. The number of nitrogens with two attached hydrogens (primary N) is 1. The molecule has 0 aliphatic heterocycles. The number of ether oxygens (including phenoxy) is 2. The quantitative estimate of drug-likeness (QED) is 0.0777. The standard InChI is InChI=1S/C32H63NO4/c1-3-5-6-7-8-9-10-11-12-14-18-21-24-27-32(35)37-30(4-2)29-36-31(34)26-23-20-17-15-13-16-19-22-25-28-33/h30H,3-29,33H2,1-2H3/t30-/m0/s1. The lowest BCUT2D eigenvalue weighted by molar-refractivity contribution is -0.159. The zero-order chi connectivity index (χ0) is 27.2. The van der Waals surface area contributed by atoms with Crippen molar-refractivity contribution in [2.24, 2.45) is 5.73 Å². The molecule has 5 heteroatoms. The third-order valence-electron chi connectivity index (χ3n) is 7.25. The smallest absolute Gasteiger partial charge is 0.306 e. The van der Waals surface area contributed by atoms with E-state index in [1.165, 1.54) is 109 Å². The summed E-state index contributed by atoms with van der Waals surface area (Å²) in [5.41, 5.74) is 5.51. The van der Waals surface area contributed by atoms with E-state index in [0.29, 0.717) is 19.3 Å². The van der Waals surface area contributed by atoms with Crippen molar-refractivity contribution in [2.45, 2.75) is 180 Å². The lowest BCUT2D eigenvalue weighted by Crippen LogP contribution is -2.24. The molecule has 0 amide bonds. The van der Waals surface area contributed by atoms with Crippen molar-refractivity contribution in [3.63, 3.8) is 0 Å². The van der Waals surface area contributed by atoms with Crippen molar-refractivity contribution in [1.82, 2.24) is 0 Å². The van der Waals surface area contributed by atoms with Gasteiger partial charge in [-0.2, -0.15) is 0 Å². The maximum atomic E-state index is 12.2. The lowest BCUT2D eigenvalue weighted by Gasteiger charge is -2.16. The van der Waals surface area contributed by atoms with E-state index in [9.17, 15) is 9.59 Å². The summed E-state index contributed by atoms with van der Waals surface area (Å²) >= 11 is 0. The average Bonchev–Trinajstić information content (AvgIpc) is 2.90. The first-order chi connectivity index (χ1) is 18.1. The van der Waals surface area contributed by atoms with E-state index in [2.05, 4.69) is 6.92 Å². The largest absolute Gasteiger partial charge is 0.462 e. The van der Waals surface area contributed by atoms with Gasteiger partial charge in [0.05, 0.1) is 0 Å². The number of carbonyl (C=O) groups is 2. The van der Waals surface area contributed by atoms with Gasteiger partial charge in [0.25, 0.3) is 0 Å². The van der Waals surface area contributed by atoms with Crippen molar-refractivity contribution in [3.8, 4) is 0 Å². The highest BCUT2D eigenvalue weighted by Gasteiger charge is 2.15. The van der Waals surface area contributed by atoms with Crippen LogP contribution in [0.3, 0.4) is 0 Å². The minimum atomic E-state index is -0.322. The molecule has 0 saturated heterocycles. The first-order valence-electron chi connectivity index (χ1n) is 16.2. The molecule has 2 N–H and O–H groups in total. The molecule has 0 spiro atoms. The highest BCUT2D eigenvalue weighted by Crippen LogP contribution is 2.14. The highest BCUT2D eigenvalue weighted by molar-refractivity contribution is 5.70. The van der Waals surface area contributed by atoms with E-state index in [1.807, 2.05) is 6.92 Å². The zero-order valence-electron chi connectivity index (χ0n) is 24.9. The van der Waals surface area contributed by atoms with Gasteiger partial charge >= 0.3 is 11.9 Å². The summed E-state index contributed by atoms with van der Waals surface area (Å²) in [6.07, 6.45) is 28.7. The minimum absolute atomic E-state index is 0.158. The third kappa shape index (κ3) is 27.7. The Morgan fingerprint density at radius 1 is 0.541 bits per heavy atom. The van der Waals surface area contributed by atoms with Gasteiger partial charge in [-0.1, -0.05) is 136 Å². The van der Waals surface area contributed by atoms with Gasteiger partial charge in [-0.05, 0) is 32.2 Å². The number of unbranched alkanes of at least 4 members (excludes halogenated alkanes) is 20. The van der Waals surface area contributed by atoms with Crippen molar-refractivity contribution >= 4 is 11.9 Å². The van der Waals surface area contributed by atoms with Crippen LogP contribution in [0.2, 0.25) is 0 Å². The van der Waals surface area contributed by atoms with Crippen LogP contribution >= 0.6 is 0 Å². The normalized spacial score (nSPS) is 12.0. The predicted molar refractivity (Wildman–Crippen MR) is 157 cm³/mol. The second-order valence-electron chi connectivity index (χ2n) is 10.9. The van der Waals surface area contributed by atoms with E-state index in [4.69, 9.17) is 15.2 Å². The van der Waals surface area contributed by atoms with Gasteiger partial charge in [-0.15, -0.1) is 0 Å². The Balaban J connectivity index is 3.55. The second kappa shape index (κ2) is 29.5. The van der Waals surface area contributed by atoms with Crippen LogP contribution in [0.25, 0.3) is 0 Å². The Morgan fingerprint density at radius 2 is 0.919 bits per heavy atom. The van der Waals surface area contributed by atoms with Gasteiger partial charge in [0.15, 0.2) is 0 Å². The van der Waals surface area contributed by atoms with Crippen molar-refractivity contribution in [1.29, 1.82) is 0 Å². The second-order valence-corrected chi connectivity index (χ2v) is 10.9. The van der Waals surface area contributed by atoms with Crippen molar-refractivity contribution in [3.05, 3.63) is 0 Å². The van der Waals surface area contributed by atoms with Crippen LogP contribution in [-0.4, -0.2) is 31.2 Å². The zero-order valence-corrected chi connectivity index (χ0v) is 24.9. The molecule has 0 aromatic rings. The summed E-state index contributed by atoms with van der Waals surface area (Å²) in [6, 6.07) is 0. The van der Waals surface area contributed by atoms with Gasteiger partial charge in [-0.25, -0.2) is 0 Å². The minimum Gasteiger partial charge on any atom is -0.462 e. The summed E-state index contributed by atoms with van der Waals surface area (Å²) in [4.78, 5) is 24.2. The molecule has 0 aromatic carbocycles. The molecule has 0 rings (SSSR count). The summed E-state index contributed by atoms with van der Waals surface area (Å²) in [7, 11) is 0. The summed E-state index contributed by atoms with van der Waals surface area (Å²) in [5.74, 6) is -0.332. The summed E-state index contributed by atoms with van der Waals surface area (Å²) in [5, 5.41) is 0. The van der Waals surface area contributed by atoms with Gasteiger partial charge in [0, 0.05) is 12.8 Å². The van der Waals surface area contributed by atoms with Crippen molar-refractivity contribution in [2.75, 3.05) is 13.2 Å². The van der Waals surface area contributed by atoms with Crippen LogP contribution < -0.4 is 5.73 Å². The number of carbonyl (C=O) groups excluding carboxylic acids is 2. The molecule has 0 bridgehead atoms. The average molecular weight is 526 g/mol. The third-order valence-corrected chi connectivity index (χ3v) is 7.25. The van der Waals surface area contributed by atoms with E-state index in [-0.39, 0.29) is 24.6 Å².